The largest absolute Gasteiger partial charge is 0.453 e. The quantitative estimate of drug-likeness (QED) is 0.528. The van der Waals surface area contributed by atoms with E-state index >= 15 is 0 Å². The van der Waals surface area contributed by atoms with E-state index in [2.05, 4.69) is 4.74 Å². The Labute approximate surface area is 70.5 Å². The Morgan fingerprint density at radius 2 is 2.42 bits per heavy atom. The van der Waals surface area contributed by atoms with E-state index in [4.69, 9.17) is 0 Å². The Kier molecular flexibility index (Phi) is 1.56. The maximum absolute atomic E-state index is 11.1. The number of carbonyl (C=O) groups is 2. The van der Waals surface area contributed by atoms with Crippen LogP contribution in [0, 0.1) is 5.92 Å². The van der Waals surface area contributed by atoms with Crippen LogP contribution in [0.3, 0.4) is 0 Å². The van der Waals surface area contributed by atoms with Gasteiger partial charge in [0.2, 0.25) is 0 Å². The molecular weight excluding hydrogens is 158 g/mol. The molecule has 1 saturated carbocycles. The van der Waals surface area contributed by atoms with Gasteiger partial charge in [0, 0.05) is 24.9 Å². The van der Waals surface area contributed by atoms with Gasteiger partial charge in [-0.3, -0.25) is 4.79 Å². The number of methoxy groups -OCH3 is 1. The van der Waals surface area contributed by atoms with Crippen molar-refractivity contribution in [3.8, 4) is 0 Å². The zero-order valence-corrected chi connectivity index (χ0v) is 6.95. The van der Waals surface area contributed by atoms with Crippen molar-refractivity contribution in [1.82, 2.24) is 4.90 Å². The predicted molar refractivity (Wildman–Crippen MR) is 40.6 cm³/mol. The van der Waals surface area contributed by atoms with Gasteiger partial charge in [-0.05, 0) is 6.42 Å². The molecule has 0 spiro atoms. The Morgan fingerprint density at radius 3 is 3.08 bits per heavy atom. The molecule has 1 amide bonds. The van der Waals surface area contributed by atoms with Crippen LogP contribution >= 0.6 is 0 Å². The van der Waals surface area contributed by atoms with E-state index in [-0.39, 0.29) is 18.1 Å². The molecule has 2 rings (SSSR count). The second-order valence-corrected chi connectivity index (χ2v) is 3.29. The maximum Gasteiger partial charge on any atom is 0.409 e. The number of fused-ring (bicyclic) bond motifs is 1. The molecule has 2 atom stereocenters. The summed E-state index contributed by atoms with van der Waals surface area (Å²) in [4.78, 5) is 23.9. The monoisotopic (exact) mass is 169 g/mol. The number of rotatable bonds is 0. The SMILES string of the molecule is COC(=O)N1CCC(=O)C2CC21. The van der Waals surface area contributed by atoms with E-state index in [1.54, 1.807) is 4.90 Å². The van der Waals surface area contributed by atoms with Crippen molar-refractivity contribution in [3.05, 3.63) is 0 Å². The third-order valence-corrected chi connectivity index (χ3v) is 2.58. The molecule has 0 aromatic rings. The average molecular weight is 169 g/mol. The van der Waals surface area contributed by atoms with Gasteiger partial charge in [0.1, 0.15) is 5.78 Å². The summed E-state index contributed by atoms with van der Waals surface area (Å²) in [6.45, 7) is 0.534. The summed E-state index contributed by atoms with van der Waals surface area (Å²) in [5.41, 5.74) is 0. The second-order valence-electron chi connectivity index (χ2n) is 3.29. The third kappa shape index (κ3) is 0.983. The molecule has 0 aromatic heterocycles. The van der Waals surface area contributed by atoms with Crippen LogP contribution in [0.5, 0.6) is 0 Å². The molecule has 12 heavy (non-hydrogen) atoms. The van der Waals surface area contributed by atoms with E-state index in [1.165, 1.54) is 7.11 Å². The summed E-state index contributed by atoms with van der Waals surface area (Å²) in [5.74, 6) is 0.429. The van der Waals surface area contributed by atoms with Gasteiger partial charge in [-0.1, -0.05) is 0 Å². The van der Waals surface area contributed by atoms with E-state index < -0.39 is 0 Å². The Morgan fingerprint density at radius 1 is 1.67 bits per heavy atom. The summed E-state index contributed by atoms with van der Waals surface area (Å²) in [6, 6.07) is 0.152. The average Bonchev–Trinajstić information content (AvgIpc) is 2.84. The van der Waals surface area contributed by atoms with Crippen LogP contribution < -0.4 is 0 Å². The van der Waals surface area contributed by atoms with Crippen molar-refractivity contribution in [3.63, 3.8) is 0 Å². The predicted octanol–water partition coefficient (Wildman–Crippen LogP) is 0.416. The van der Waals surface area contributed by atoms with Crippen LogP contribution in [0.25, 0.3) is 0 Å². The minimum atomic E-state index is -0.296. The van der Waals surface area contributed by atoms with Gasteiger partial charge in [0.25, 0.3) is 0 Å². The first-order valence-corrected chi connectivity index (χ1v) is 4.11. The highest BCUT2D eigenvalue weighted by molar-refractivity contribution is 5.87. The van der Waals surface area contributed by atoms with Crippen LogP contribution in [0.1, 0.15) is 12.8 Å². The lowest BCUT2D eigenvalue weighted by atomic mass is 10.1. The summed E-state index contributed by atoms with van der Waals surface area (Å²) in [5, 5.41) is 0. The van der Waals surface area contributed by atoms with Gasteiger partial charge in [-0.2, -0.15) is 0 Å². The van der Waals surface area contributed by atoms with Crippen LogP contribution in [-0.4, -0.2) is 36.5 Å². The van der Waals surface area contributed by atoms with Crippen LogP contribution in [-0.2, 0) is 9.53 Å². The summed E-state index contributed by atoms with van der Waals surface area (Å²) in [7, 11) is 1.37. The molecule has 2 fully saturated rings. The fourth-order valence-corrected chi connectivity index (χ4v) is 1.80. The molecule has 1 aliphatic carbocycles. The fourth-order valence-electron chi connectivity index (χ4n) is 1.80. The van der Waals surface area contributed by atoms with Gasteiger partial charge in [-0.15, -0.1) is 0 Å². The van der Waals surface area contributed by atoms with E-state index in [1.807, 2.05) is 0 Å². The standard InChI is InChI=1S/C8H11NO3/c1-12-8(11)9-3-2-7(10)5-4-6(5)9/h5-6H,2-4H2,1H3. The van der Waals surface area contributed by atoms with E-state index in [9.17, 15) is 9.59 Å². The first kappa shape index (κ1) is 7.58. The van der Waals surface area contributed by atoms with Crippen molar-refractivity contribution in [2.45, 2.75) is 18.9 Å². The summed E-state index contributed by atoms with van der Waals surface area (Å²) >= 11 is 0. The number of nitrogens with zero attached hydrogens (tertiary/aromatic N) is 1. The first-order chi connectivity index (χ1) is 5.74. The molecule has 4 nitrogen and oxygen atoms in total. The molecule has 0 aromatic carbocycles. The molecule has 4 heteroatoms. The normalized spacial score (nSPS) is 32.8. The number of amides is 1. The van der Waals surface area contributed by atoms with Crippen molar-refractivity contribution in [2.75, 3.05) is 13.7 Å². The van der Waals surface area contributed by atoms with E-state index in [0.717, 1.165) is 6.42 Å². The Bertz CT molecular complexity index is 238. The van der Waals surface area contributed by atoms with Crippen molar-refractivity contribution < 1.29 is 14.3 Å². The maximum atomic E-state index is 11.1. The van der Waals surface area contributed by atoms with Gasteiger partial charge in [-0.25, -0.2) is 4.79 Å². The lowest BCUT2D eigenvalue weighted by Gasteiger charge is -2.24. The molecule has 66 valence electrons. The van der Waals surface area contributed by atoms with Crippen LogP contribution in [0.2, 0.25) is 0 Å². The number of hydrogen-bond donors (Lipinski definition) is 0. The zero-order valence-electron chi connectivity index (χ0n) is 6.95. The highest BCUT2D eigenvalue weighted by atomic mass is 16.5. The summed E-state index contributed by atoms with van der Waals surface area (Å²) in [6.07, 6.45) is 1.04. The number of hydrogen-bond acceptors (Lipinski definition) is 3. The van der Waals surface area contributed by atoms with E-state index in [0.29, 0.717) is 18.7 Å². The molecular formula is C8H11NO3. The molecule has 1 aliphatic heterocycles. The molecule has 0 bridgehead atoms. The number of Topliss-reactive ketones (excluding diaryl/α,β-unsaturated/α-hetero) is 1. The van der Waals surface area contributed by atoms with Gasteiger partial charge in [0.15, 0.2) is 0 Å². The minimum Gasteiger partial charge on any atom is -0.453 e. The molecule has 1 saturated heterocycles. The smallest absolute Gasteiger partial charge is 0.409 e. The third-order valence-electron chi connectivity index (χ3n) is 2.58. The molecule has 1 heterocycles. The van der Waals surface area contributed by atoms with Crippen molar-refractivity contribution in [2.24, 2.45) is 5.92 Å². The highest BCUT2D eigenvalue weighted by Crippen LogP contribution is 2.40. The van der Waals surface area contributed by atoms with Crippen LogP contribution in [0.15, 0.2) is 0 Å². The first-order valence-electron chi connectivity index (χ1n) is 4.11. The number of ketones is 1. The lowest BCUT2D eigenvalue weighted by molar-refractivity contribution is -0.122. The zero-order chi connectivity index (χ0) is 8.72. The van der Waals surface area contributed by atoms with Gasteiger partial charge < -0.3 is 9.64 Å². The minimum absolute atomic E-state index is 0.123. The number of carbonyl (C=O) groups excluding carboxylic acids is 2. The Hall–Kier alpha value is -1.06. The second kappa shape index (κ2) is 2.47. The van der Waals surface area contributed by atoms with Crippen molar-refractivity contribution in [1.29, 1.82) is 0 Å². The lowest BCUT2D eigenvalue weighted by Crippen LogP contribution is -2.39. The van der Waals surface area contributed by atoms with Gasteiger partial charge in [0.05, 0.1) is 7.11 Å². The Balaban J connectivity index is 2.03. The number of ether oxygens (including phenoxy) is 1. The number of piperidine rings is 1. The highest BCUT2D eigenvalue weighted by Gasteiger charge is 2.51. The topological polar surface area (TPSA) is 46.6 Å². The summed E-state index contributed by atoms with van der Waals surface area (Å²) < 4.78 is 4.60. The van der Waals surface area contributed by atoms with Crippen molar-refractivity contribution >= 4 is 11.9 Å². The molecule has 0 radical (unpaired) electrons. The number of likely N-dealkylation sites (tertiary alicyclic amines) is 1. The molecule has 2 aliphatic rings. The van der Waals surface area contributed by atoms with Gasteiger partial charge >= 0.3 is 6.09 Å². The van der Waals surface area contributed by atoms with Crippen LogP contribution in [0.4, 0.5) is 4.79 Å². The molecule has 0 N–H and O–H groups in total. The fraction of sp³-hybridized carbons (Fsp3) is 0.750. The molecule has 2 unspecified atom stereocenters.